The Morgan fingerprint density at radius 1 is 1.28 bits per heavy atom. The van der Waals surface area contributed by atoms with E-state index >= 15 is 0 Å². The quantitative estimate of drug-likeness (QED) is 0.903. The predicted octanol–water partition coefficient (Wildman–Crippen LogP) is 2.79. The Morgan fingerprint density at radius 3 is 3.11 bits per heavy atom. The maximum atomic E-state index is 5.37. The summed E-state index contributed by atoms with van der Waals surface area (Å²) in [5.74, 6) is 1.29. The zero-order valence-electron chi connectivity index (χ0n) is 10.1. The van der Waals surface area contributed by atoms with Gasteiger partial charge >= 0.3 is 0 Å². The lowest BCUT2D eigenvalue weighted by atomic mass is 10.0. The van der Waals surface area contributed by atoms with Crippen molar-refractivity contribution in [2.45, 2.75) is 38.1 Å². The average molecular weight is 264 g/mol. The first-order valence-electron chi connectivity index (χ1n) is 6.39. The van der Waals surface area contributed by atoms with Crippen molar-refractivity contribution in [3.8, 4) is 11.5 Å². The van der Waals surface area contributed by atoms with E-state index in [1.165, 1.54) is 37.0 Å². The molecule has 0 saturated carbocycles. The van der Waals surface area contributed by atoms with Crippen LogP contribution in [0.25, 0.3) is 11.5 Å². The zero-order valence-corrected chi connectivity index (χ0v) is 10.9. The molecule has 3 rings (SSSR count). The normalized spacial score (nSPS) is 21.4. The third kappa shape index (κ3) is 2.59. The van der Waals surface area contributed by atoms with E-state index in [4.69, 9.17) is 4.52 Å². The maximum absolute atomic E-state index is 5.37. The lowest BCUT2D eigenvalue weighted by Crippen LogP contribution is -2.24. The van der Waals surface area contributed by atoms with Crippen molar-refractivity contribution in [3.63, 3.8) is 0 Å². The smallest absolute Gasteiger partial charge is 0.244 e. The van der Waals surface area contributed by atoms with Gasteiger partial charge in [0.05, 0.1) is 11.6 Å². The first kappa shape index (κ1) is 11.8. The van der Waals surface area contributed by atoms with Crippen LogP contribution in [0.1, 0.15) is 44.0 Å². The Labute approximate surface area is 110 Å². The molecule has 0 aliphatic carbocycles. The van der Waals surface area contributed by atoms with E-state index < -0.39 is 0 Å². The second-order valence-corrected chi connectivity index (χ2v) is 5.26. The molecule has 1 saturated heterocycles. The van der Waals surface area contributed by atoms with E-state index in [-0.39, 0.29) is 6.04 Å². The number of nitrogens with one attached hydrogen (secondary N) is 1. The Hall–Kier alpha value is -1.27. The molecule has 96 valence electrons. The Kier molecular flexibility index (Phi) is 3.66. The van der Waals surface area contributed by atoms with E-state index in [0.29, 0.717) is 11.7 Å². The average Bonchev–Trinajstić information content (AvgIpc) is 2.98. The molecule has 0 aromatic carbocycles. The van der Waals surface area contributed by atoms with Crippen LogP contribution in [-0.2, 0) is 0 Å². The van der Waals surface area contributed by atoms with Gasteiger partial charge in [0.1, 0.15) is 5.69 Å². The molecule has 1 N–H and O–H groups in total. The Bertz CT molecular complexity index is 474. The van der Waals surface area contributed by atoms with Crippen LogP contribution in [0.4, 0.5) is 0 Å². The molecule has 2 aromatic rings. The minimum Gasteiger partial charge on any atom is -0.337 e. The van der Waals surface area contributed by atoms with Gasteiger partial charge in [0, 0.05) is 5.38 Å². The van der Waals surface area contributed by atoms with Gasteiger partial charge < -0.3 is 9.84 Å². The molecule has 2 aromatic heterocycles. The molecule has 1 aliphatic rings. The molecule has 1 unspecified atom stereocenters. The summed E-state index contributed by atoms with van der Waals surface area (Å²) in [4.78, 5) is 8.64. The molecule has 1 aliphatic heterocycles. The maximum Gasteiger partial charge on any atom is 0.244 e. The molecular formula is C12H16N4OS. The van der Waals surface area contributed by atoms with Crippen LogP contribution in [0.5, 0.6) is 0 Å². The van der Waals surface area contributed by atoms with Crippen LogP contribution in [0.15, 0.2) is 15.4 Å². The predicted molar refractivity (Wildman–Crippen MR) is 69.2 cm³/mol. The molecular weight excluding hydrogens is 248 g/mol. The van der Waals surface area contributed by atoms with Crippen LogP contribution in [0.2, 0.25) is 0 Å². The van der Waals surface area contributed by atoms with Crippen molar-refractivity contribution in [2.75, 3.05) is 6.54 Å². The SMILES string of the molecule is c1nc(-c2noc(C3CCCCCCN3)n2)cs1. The molecule has 6 heteroatoms. The molecule has 1 atom stereocenters. The van der Waals surface area contributed by atoms with Crippen LogP contribution < -0.4 is 5.32 Å². The molecule has 3 heterocycles. The number of thiazole rings is 1. The Balaban J connectivity index is 1.75. The van der Waals surface area contributed by atoms with Crippen molar-refractivity contribution < 1.29 is 4.52 Å². The summed E-state index contributed by atoms with van der Waals surface area (Å²) in [7, 11) is 0. The van der Waals surface area contributed by atoms with Gasteiger partial charge in [-0.05, 0) is 19.4 Å². The molecule has 1 fully saturated rings. The van der Waals surface area contributed by atoms with Crippen molar-refractivity contribution in [3.05, 3.63) is 16.8 Å². The van der Waals surface area contributed by atoms with E-state index in [2.05, 4.69) is 20.4 Å². The molecule has 0 amide bonds. The summed E-state index contributed by atoms with van der Waals surface area (Å²) >= 11 is 1.54. The van der Waals surface area contributed by atoms with Crippen molar-refractivity contribution in [1.82, 2.24) is 20.4 Å². The third-order valence-electron chi connectivity index (χ3n) is 3.21. The summed E-state index contributed by atoms with van der Waals surface area (Å²) in [6, 6.07) is 0.199. The fraction of sp³-hybridized carbons (Fsp3) is 0.583. The first-order valence-corrected chi connectivity index (χ1v) is 7.33. The Morgan fingerprint density at radius 2 is 2.22 bits per heavy atom. The highest BCUT2D eigenvalue weighted by molar-refractivity contribution is 7.07. The van der Waals surface area contributed by atoms with Gasteiger partial charge in [-0.25, -0.2) is 4.98 Å². The number of aromatic nitrogens is 3. The van der Waals surface area contributed by atoms with Crippen LogP contribution >= 0.6 is 11.3 Å². The minimum absolute atomic E-state index is 0.199. The number of rotatable bonds is 2. The molecule has 0 bridgehead atoms. The monoisotopic (exact) mass is 264 g/mol. The van der Waals surface area contributed by atoms with Gasteiger partial charge in [-0.2, -0.15) is 4.98 Å². The van der Waals surface area contributed by atoms with Crippen molar-refractivity contribution in [2.24, 2.45) is 0 Å². The largest absolute Gasteiger partial charge is 0.337 e. The summed E-state index contributed by atoms with van der Waals surface area (Å²) in [6.07, 6.45) is 6.12. The number of hydrogen-bond donors (Lipinski definition) is 1. The summed E-state index contributed by atoms with van der Waals surface area (Å²) in [5, 5.41) is 9.42. The highest BCUT2D eigenvalue weighted by atomic mass is 32.1. The van der Waals surface area contributed by atoms with E-state index in [0.717, 1.165) is 18.7 Å². The summed E-state index contributed by atoms with van der Waals surface area (Å²) in [5.41, 5.74) is 2.57. The molecule has 18 heavy (non-hydrogen) atoms. The topological polar surface area (TPSA) is 63.8 Å². The van der Waals surface area contributed by atoms with Gasteiger partial charge in [-0.3, -0.25) is 0 Å². The minimum atomic E-state index is 0.199. The zero-order chi connectivity index (χ0) is 12.2. The van der Waals surface area contributed by atoms with E-state index in [1.54, 1.807) is 5.51 Å². The highest BCUT2D eigenvalue weighted by Crippen LogP contribution is 2.23. The van der Waals surface area contributed by atoms with Gasteiger partial charge in [0.2, 0.25) is 11.7 Å². The second kappa shape index (κ2) is 5.58. The van der Waals surface area contributed by atoms with Crippen LogP contribution in [0, 0.1) is 0 Å². The van der Waals surface area contributed by atoms with Crippen LogP contribution in [0.3, 0.4) is 0 Å². The second-order valence-electron chi connectivity index (χ2n) is 4.54. The summed E-state index contributed by atoms with van der Waals surface area (Å²) in [6.45, 7) is 1.03. The lowest BCUT2D eigenvalue weighted by molar-refractivity contribution is 0.307. The third-order valence-corrected chi connectivity index (χ3v) is 3.80. The first-order chi connectivity index (χ1) is 8.93. The molecule has 0 spiro atoms. The van der Waals surface area contributed by atoms with Crippen molar-refractivity contribution >= 4 is 11.3 Å². The molecule has 0 radical (unpaired) electrons. The highest BCUT2D eigenvalue weighted by Gasteiger charge is 2.20. The lowest BCUT2D eigenvalue weighted by Gasteiger charge is -2.17. The molecule has 5 nitrogen and oxygen atoms in total. The van der Waals surface area contributed by atoms with Gasteiger partial charge in [0.25, 0.3) is 0 Å². The van der Waals surface area contributed by atoms with E-state index in [9.17, 15) is 0 Å². The van der Waals surface area contributed by atoms with Crippen molar-refractivity contribution in [1.29, 1.82) is 0 Å². The number of nitrogens with zero attached hydrogens (tertiary/aromatic N) is 3. The fourth-order valence-corrected chi connectivity index (χ4v) is 2.75. The van der Waals surface area contributed by atoms with Gasteiger partial charge in [-0.1, -0.05) is 24.4 Å². The number of hydrogen-bond acceptors (Lipinski definition) is 6. The van der Waals surface area contributed by atoms with Crippen LogP contribution in [-0.4, -0.2) is 21.7 Å². The standard InChI is InChI=1S/C12H16N4OS/c1-2-4-6-13-9(5-3-1)12-15-11(16-17-12)10-7-18-8-14-10/h7-9,13H,1-6H2. The fourth-order valence-electron chi connectivity index (χ4n) is 2.22. The van der Waals surface area contributed by atoms with Gasteiger partial charge in [-0.15, -0.1) is 11.3 Å². The van der Waals surface area contributed by atoms with E-state index in [1.807, 2.05) is 5.38 Å². The van der Waals surface area contributed by atoms with Gasteiger partial charge in [0.15, 0.2) is 0 Å². The summed E-state index contributed by atoms with van der Waals surface area (Å²) < 4.78 is 5.37.